The van der Waals surface area contributed by atoms with Gasteiger partial charge in [-0.05, 0) is 48.9 Å². The summed E-state index contributed by atoms with van der Waals surface area (Å²) in [4.78, 5) is 12.8. The van der Waals surface area contributed by atoms with Gasteiger partial charge in [0.25, 0.3) is 0 Å². The van der Waals surface area contributed by atoms with Crippen molar-refractivity contribution in [3.05, 3.63) is 47.5 Å². The van der Waals surface area contributed by atoms with Crippen LogP contribution in [0.4, 0.5) is 24.5 Å². The third kappa shape index (κ3) is 6.66. The number of nitrogens with zero attached hydrogens (tertiary/aromatic N) is 1. The Balaban J connectivity index is 2.30. The van der Waals surface area contributed by atoms with E-state index < -0.39 is 34.1 Å². The molecule has 0 bridgehead atoms. The van der Waals surface area contributed by atoms with Crippen molar-refractivity contribution in [2.45, 2.75) is 25.7 Å². The molecular formula is C19H20ClF3N2O5S. The Labute approximate surface area is 182 Å². The summed E-state index contributed by atoms with van der Waals surface area (Å²) in [6.07, 6.45) is -3.78. The number of carbonyl (C=O) groups is 1. The molecule has 0 aliphatic carbocycles. The lowest BCUT2D eigenvalue weighted by molar-refractivity contribution is -0.274. The van der Waals surface area contributed by atoms with Gasteiger partial charge in [0.15, 0.2) is 0 Å². The van der Waals surface area contributed by atoms with Crippen molar-refractivity contribution >= 4 is 38.9 Å². The fourth-order valence-electron chi connectivity index (χ4n) is 2.82. The summed E-state index contributed by atoms with van der Waals surface area (Å²) in [7, 11) is -2.50. The second-order valence-electron chi connectivity index (χ2n) is 6.36. The minimum absolute atomic E-state index is 0.109. The number of ether oxygens (including phenoxy) is 2. The van der Waals surface area contributed by atoms with Crippen molar-refractivity contribution in [3.63, 3.8) is 0 Å². The molecule has 7 nitrogen and oxygen atoms in total. The van der Waals surface area contributed by atoms with E-state index in [1.54, 1.807) is 6.92 Å². The van der Waals surface area contributed by atoms with E-state index in [9.17, 15) is 26.4 Å². The van der Waals surface area contributed by atoms with Gasteiger partial charge in [-0.25, -0.2) is 8.42 Å². The number of halogens is 4. The molecule has 0 heterocycles. The molecular weight excluding hydrogens is 461 g/mol. The molecule has 0 radical (unpaired) electrons. The van der Waals surface area contributed by atoms with E-state index in [0.717, 1.165) is 22.7 Å². The van der Waals surface area contributed by atoms with Gasteiger partial charge in [0.1, 0.15) is 17.5 Å². The zero-order valence-electron chi connectivity index (χ0n) is 16.7. The molecule has 1 amide bonds. The van der Waals surface area contributed by atoms with E-state index >= 15 is 0 Å². The first-order valence-electron chi connectivity index (χ1n) is 8.85. The molecule has 2 aromatic rings. The topological polar surface area (TPSA) is 84.9 Å². The van der Waals surface area contributed by atoms with Gasteiger partial charge in [0.05, 0.1) is 24.1 Å². The average molecular weight is 481 g/mol. The van der Waals surface area contributed by atoms with Gasteiger partial charge in [-0.3, -0.25) is 9.10 Å². The maximum absolute atomic E-state index is 12.8. The van der Waals surface area contributed by atoms with E-state index in [0.29, 0.717) is 5.75 Å². The molecule has 2 aromatic carbocycles. The highest BCUT2D eigenvalue weighted by atomic mass is 35.5. The van der Waals surface area contributed by atoms with Crippen molar-refractivity contribution in [2.24, 2.45) is 0 Å². The Bertz CT molecular complexity index is 1030. The average Bonchev–Trinajstić information content (AvgIpc) is 2.65. The van der Waals surface area contributed by atoms with Crippen LogP contribution in [-0.4, -0.2) is 40.1 Å². The largest absolute Gasteiger partial charge is 0.573 e. The van der Waals surface area contributed by atoms with Gasteiger partial charge < -0.3 is 14.8 Å². The first-order chi connectivity index (χ1) is 14.4. The lowest BCUT2D eigenvalue weighted by Gasteiger charge is -2.30. The molecule has 0 unspecified atom stereocenters. The second-order valence-corrected chi connectivity index (χ2v) is 8.63. The second kappa shape index (κ2) is 9.65. The molecule has 0 fully saturated rings. The number of methoxy groups -OCH3 is 1. The van der Waals surface area contributed by atoms with Crippen LogP contribution in [0.2, 0.25) is 5.02 Å². The van der Waals surface area contributed by atoms with Gasteiger partial charge in [-0.2, -0.15) is 0 Å². The summed E-state index contributed by atoms with van der Waals surface area (Å²) < 4.78 is 71.5. The Kier molecular flexibility index (Phi) is 7.66. The quantitative estimate of drug-likeness (QED) is 0.604. The van der Waals surface area contributed by atoms with E-state index in [2.05, 4.69) is 10.1 Å². The summed E-state index contributed by atoms with van der Waals surface area (Å²) in [6, 6.07) is 7.61. The zero-order valence-corrected chi connectivity index (χ0v) is 18.3. The Morgan fingerprint density at radius 1 is 1.19 bits per heavy atom. The first kappa shape index (κ1) is 24.6. The lowest BCUT2D eigenvalue weighted by atomic mass is 10.1. The number of carbonyl (C=O) groups excluding carboxylic acids is 1. The molecule has 0 spiro atoms. The third-order valence-electron chi connectivity index (χ3n) is 4.08. The van der Waals surface area contributed by atoms with Crippen LogP contribution in [0.15, 0.2) is 42.5 Å². The van der Waals surface area contributed by atoms with Crippen LogP contribution < -0.4 is 19.1 Å². The van der Waals surface area contributed by atoms with Crippen LogP contribution in [0.3, 0.4) is 0 Å². The Hall–Kier alpha value is -2.66. The number of hydrogen-bond donors (Lipinski definition) is 1. The summed E-state index contributed by atoms with van der Waals surface area (Å²) >= 11 is 6.10. The fourth-order valence-corrected chi connectivity index (χ4v) is 4.27. The van der Waals surface area contributed by atoms with Crippen molar-refractivity contribution in [1.82, 2.24) is 0 Å². The lowest BCUT2D eigenvalue weighted by Crippen LogP contribution is -2.47. The van der Waals surface area contributed by atoms with E-state index in [1.165, 1.54) is 37.4 Å². The van der Waals surface area contributed by atoms with Gasteiger partial charge in [0.2, 0.25) is 15.9 Å². The minimum atomic E-state index is -4.84. The molecule has 12 heteroatoms. The molecule has 0 aliphatic heterocycles. The Morgan fingerprint density at radius 3 is 2.26 bits per heavy atom. The number of amides is 1. The number of benzene rings is 2. The molecule has 0 saturated carbocycles. The number of anilines is 2. The molecule has 31 heavy (non-hydrogen) atoms. The maximum atomic E-state index is 12.8. The molecule has 1 N–H and O–H groups in total. The number of nitrogens with one attached hydrogen (secondary N) is 1. The summed E-state index contributed by atoms with van der Waals surface area (Å²) in [5.74, 6) is -0.801. The predicted molar refractivity (Wildman–Crippen MR) is 111 cm³/mol. The monoisotopic (exact) mass is 480 g/mol. The summed E-state index contributed by atoms with van der Waals surface area (Å²) in [5, 5.41) is 2.66. The summed E-state index contributed by atoms with van der Waals surface area (Å²) in [5.41, 5.74) is 0.323. The highest BCUT2D eigenvalue weighted by Crippen LogP contribution is 2.32. The predicted octanol–water partition coefficient (Wildman–Crippen LogP) is 4.43. The highest BCUT2D eigenvalue weighted by molar-refractivity contribution is 7.92. The Morgan fingerprint density at radius 2 is 1.81 bits per heavy atom. The van der Waals surface area contributed by atoms with Crippen LogP contribution in [0.1, 0.15) is 13.3 Å². The molecule has 0 aromatic heterocycles. The van der Waals surface area contributed by atoms with E-state index in [-0.39, 0.29) is 22.8 Å². The molecule has 2 rings (SSSR count). The standard InChI is InChI=1S/C19H20ClF3N2O5S/c1-4-16(18(26)24-12-5-8-14(9-6-12)30-19(21,22)23)25(31(3,27)28)13-7-10-17(29-2)15(20)11-13/h5-11,16H,4H2,1-3H3,(H,24,26)/t16-/m1/s1. The molecule has 170 valence electrons. The first-order valence-corrected chi connectivity index (χ1v) is 11.1. The highest BCUT2D eigenvalue weighted by Gasteiger charge is 2.33. The normalized spacial score (nSPS) is 12.7. The summed E-state index contributed by atoms with van der Waals surface area (Å²) in [6.45, 7) is 1.62. The molecule has 0 aliphatic rings. The van der Waals surface area contributed by atoms with Gasteiger partial charge >= 0.3 is 6.36 Å². The number of sulfonamides is 1. The van der Waals surface area contributed by atoms with Crippen LogP contribution in [0.5, 0.6) is 11.5 Å². The van der Waals surface area contributed by atoms with Crippen LogP contribution in [-0.2, 0) is 14.8 Å². The molecule has 1 atom stereocenters. The van der Waals surface area contributed by atoms with E-state index in [4.69, 9.17) is 16.3 Å². The number of hydrogen-bond acceptors (Lipinski definition) is 5. The van der Waals surface area contributed by atoms with Crippen molar-refractivity contribution in [3.8, 4) is 11.5 Å². The van der Waals surface area contributed by atoms with Crippen molar-refractivity contribution < 1.29 is 35.9 Å². The molecule has 0 saturated heterocycles. The zero-order chi connectivity index (χ0) is 23.4. The van der Waals surface area contributed by atoms with Crippen molar-refractivity contribution in [2.75, 3.05) is 23.0 Å². The smallest absolute Gasteiger partial charge is 0.495 e. The number of rotatable bonds is 8. The fraction of sp³-hybridized carbons (Fsp3) is 0.316. The van der Waals surface area contributed by atoms with Crippen molar-refractivity contribution in [1.29, 1.82) is 0 Å². The van der Waals surface area contributed by atoms with Gasteiger partial charge in [-0.1, -0.05) is 18.5 Å². The third-order valence-corrected chi connectivity index (χ3v) is 5.55. The maximum Gasteiger partial charge on any atom is 0.573 e. The number of alkyl halides is 3. The minimum Gasteiger partial charge on any atom is -0.495 e. The van der Waals surface area contributed by atoms with Crippen LogP contribution in [0.25, 0.3) is 0 Å². The van der Waals surface area contributed by atoms with Crippen LogP contribution >= 0.6 is 11.6 Å². The van der Waals surface area contributed by atoms with Gasteiger partial charge in [-0.15, -0.1) is 13.2 Å². The van der Waals surface area contributed by atoms with Crippen LogP contribution in [0, 0.1) is 0 Å². The van der Waals surface area contributed by atoms with E-state index in [1.807, 2.05) is 0 Å². The SMILES string of the molecule is CC[C@H](C(=O)Nc1ccc(OC(F)(F)F)cc1)N(c1ccc(OC)c(Cl)c1)S(C)(=O)=O. The van der Waals surface area contributed by atoms with Gasteiger partial charge in [0, 0.05) is 5.69 Å².